The molecular formula is C15H16OS. The summed E-state index contributed by atoms with van der Waals surface area (Å²) < 4.78 is 10.8. The van der Waals surface area contributed by atoms with Crippen LogP contribution < -0.4 is 0 Å². The van der Waals surface area contributed by atoms with Crippen LogP contribution in [0.15, 0.2) is 46.2 Å². The predicted molar refractivity (Wildman–Crippen MR) is 74.0 cm³/mol. The summed E-state index contributed by atoms with van der Waals surface area (Å²) in [5.74, 6) is 0. The molecule has 1 heterocycles. The maximum absolute atomic E-state index is 10.8. The van der Waals surface area contributed by atoms with Gasteiger partial charge >= 0.3 is 0 Å². The van der Waals surface area contributed by atoms with Gasteiger partial charge in [-0.3, -0.25) is 0 Å². The molecule has 0 unspecified atom stereocenters. The van der Waals surface area contributed by atoms with Gasteiger partial charge in [0.1, 0.15) is 0 Å². The van der Waals surface area contributed by atoms with Crippen molar-refractivity contribution in [1.82, 2.24) is 0 Å². The van der Waals surface area contributed by atoms with Crippen molar-refractivity contribution in [1.29, 1.82) is 0 Å². The average Bonchev–Trinajstić information content (AvgIpc) is 2.49. The van der Waals surface area contributed by atoms with Gasteiger partial charge in [-0.05, 0) is 54.5 Å². The molecule has 3 rings (SSSR count). The molecule has 0 amide bonds. The van der Waals surface area contributed by atoms with Gasteiger partial charge in [0.25, 0.3) is 0 Å². The van der Waals surface area contributed by atoms with E-state index in [0.29, 0.717) is 0 Å². The molecule has 0 aromatic heterocycles. The van der Waals surface area contributed by atoms with E-state index < -0.39 is 10.3 Å². The molecule has 0 saturated heterocycles. The fourth-order valence-electron chi connectivity index (χ4n) is 2.48. The Bertz CT molecular complexity index is 561. The van der Waals surface area contributed by atoms with Gasteiger partial charge in [0.2, 0.25) is 0 Å². The van der Waals surface area contributed by atoms with Gasteiger partial charge < -0.3 is 4.55 Å². The highest BCUT2D eigenvalue weighted by Gasteiger charge is 2.33. The average molecular weight is 244 g/mol. The second-order valence-electron chi connectivity index (χ2n) is 4.87. The van der Waals surface area contributed by atoms with Crippen molar-refractivity contribution in [3.63, 3.8) is 0 Å². The molecule has 2 aromatic rings. The van der Waals surface area contributed by atoms with Crippen molar-refractivity contribution in [2.24, 2.45) is 0 Å². The van der Waals surface area contributed by atoms with Gasteiger partial charge in [0.15, 0.2) is 0 Å². The minimum Gasteiger partial charge on any atom is -0.343 e. The van der Waals surface area contributed by atoms with Crippen LogP contribution in [-0.4, -0.2) is 10.8 Å². The van der Waals surface area contributed by atoms with Gasteiger partial charge in [0.05, 0.1) is 0 Å². The zero-order chi connectivity index (χ0) is 12.2. The Morgan fingerprint density at radius 2 is 1.24 bits per heavy atom. The first-order chi connectivity index (χ1) is 8.00. The Morgan fingerprint density at radius 3 is 1.65 bits per heavy atom. The maximum atomic E-state index is 10.8. The monoisotopic (exact) mass is 244 g/mol. The molecule has 0 atom stereocenters. The molecule has 0 aliphatic carbocycles. The normalized spacial score (nSPS) is 17.4. The first kappa shape index (κ1) is 10.9. The van der Waals surface area contributed by atoms with E-state index in [0.717, 1.165) is 9.79 Å². The highest BCUT2D eigenvalue weighted by molar-refractivity contribution is 8.29. The van der Waals surface area contributed by atoms with Gasteiger partial charge in [-0.1, -0.05) is 34.6 Å². The number of benzene rings is 2. The van der Waals surface area contributed by atoms with Crippen molar-refractivity contribution in [2.75, 3.05) is 6.26 Å². The number of aryl methyl sites for hydroxylation is 2. The Labute approximate surface area is 104 Å². The van der Waals surface area contributed by atoms with E-state index in [4.69, 9.17) is 0 Å². The second-order valence-corrected chi connectivity index (χ2v) is 7.51. The van der Waals surface area contributed by atoms with Crippen molar-refractivity contribution in [3.8, 4) is 11.1 Å². The summed E-state index contributed by atoms with van der Waals surface area (Å²) in [6, 6.07) is 12.7. The zero-order valence-corrected chi connectivity index (χ0v) is 11.1. The standard InChI is InChI=1S/C15H16OS/c1-10-4-6-12-13-7-5-11(2)9-15(13)17(3,16)14(12)8-10/h4-9,16H,1-3H3. The molecule has 17 heavy (non-hydrogen) atoms. The van der Waals surface area contributed by atoms with Crippen LogP contribution in [0.5, 0.6) is 0 Å². The van der Waals surface area contributed by atoms with Crippen molar-refractivity contribution >= 4 is 10.3 Å². The summed E-state index contributed by atoms with van der Waals surface area (Å²) in [6.45, 7) is 4.15. The molecule has 1 N–H and O–H groups in total. The van der Waals surface area contributed by atoms with E-state index in [1.807, 2.05) is 6.26 Å². The summed E-state index contributed by atoms with van der Waals surface area (Å²) in [7, 11) is -1.81. The van der Waals surface area contributed by atoms with Gasteiger partial charge in [-0.15, -0.1) is 0 Å². The van der Waals surface area contributed by atoms with E-state index in [2.05, 4.69) is 50.2 Å². The first-order valence-electron chi connectivity index (χ1n) is 5.73. The number of hydrogen-bond donors (Lipinski definition) is 1. The van der Waals surface area contributed by atoms with Crippen LogP contribution in [0.3, 0.4) is 0 Å². The molecular weight excluding hydrogens is 228 g/mol. The predicted octanol–water partition coefficient (Wildman–Crippen LogP) is 4.61. The molecule has 0 saturated carbocycles. The van der Waals surface area contributed by atoms with Crippen LogP contribution in [0.1, 0.15) is 11.1 Å². The Kier molecular flexibility index (Phi) is 2.16. The largest absolute Gasteiger partial charge is 0.343 e. The summed E-state index contributed by atoms with van der Waals surface area (Å²) in [5.41, 5.74) is 4.82. The Hall–Kier alpha value is -1.25. The van der Waals surface area contributed by atoms with Crippen LogP contribution in [0.4, 0.5) is 0 Å². The molecule has 0 bridgehead atoms. The number of fused-ring (bicyclic) bond motifs is 3. The molecule has 0 fully saturated rings. The van der Waals surface area contributed by atoms with Crippen LogP contribution in [0.25, 0.3) is 11.1 Å². The summed E-state index contributed by atoms with van der Waals surface area (Å²) >= 11 is 0. The number of hydrogen-bond acceptors (Lipinski definition) is 1. The van der Waals surface area contributed by atoms with Crippen molar-refractivity contribution in [3.05, 3.63) is 47.5 Å². The Morgan fingerprint density at radius 1 is 0.824 bits per heavy atom. The third-order valence-electron chi connectivity index (χ3n) is 3.42. The maximum Gasteiger partial charge on any atom is 0.0248 e. The molecule has 1 aliphatic rings. The molecule has 1 nitrogen and oxygen atoms in total. The minimum absolute atomic E-state index is 1.11. The van der Waals surface area contributed by atoms with Gasteiger partial charge in [-0.25, -0.2) is 0 Å². The topological polar surface area (TPSA) is 20.2 Å². The van der Waals surface area contributed by atoms with E-state index in [1.54, 1.807) is 0 Å². The van der Waals surface area contributed by atoms with Crippen molar-refractivity contribution < 1.29 is 4.55 Å². The highest BCUT2D eigenvalue weighted by Crippen LogP contribution is 2.66. The summed E-state index contributed by atoms with van der Waals surface area (Å²) in [6.07, 6.45) is 1.97. The molecule has 88 valence electrons. The van der Waals surface area contributed by atoms with E-state index in [1.165, 1.54) is 22.3 Å². The SMILES string of the molecule is Cc1ccc2c(c1)S(C)(O)c1cc(C)ccc1-2. The van der Waals surface area contributed by atoms with E-state index >= 15 is 0 Å². The fraction of sp³-hybridized carbons (Fsp3) is 0.200. The lowest BCUT2D eigenvalue weighted by atomic mass is 10.0. The summed E-state index contributed by atoms with van der Waals surface area (Å²) in [5, 5.41) is 0. The smallest absolute Gasteiger partial charge is 0.0248 e. The van der Waals surface area contributed by atoms with Crippen LogP contribution >= 0.6 is 10.3 Å². The highest BCUT2D eigenvalue weighted by atomic mass is 32.3. The minimum atomic E-state index is -1.81. The molecule has 2 heteroatoms. The summed E-state index contributed by atoms with van der Waals surface area (Å²) in [4.78, 5) is 2.22. The first-order valence-corrected chi connectivity index (χ1v) is 7.72. The lowest BCUT2D eigenvalue weighted by Gasteiger charge is -2.26. The van der Waals surface area contributed by atoms with Crippen LogP contribution in [-0.2, 0) is 0 Å². The molecule has 2 aromatic carbocycles. The van der Waals surface area contributed by atoms with E-state index in [9.17, 15) is 4.55 Å². The van der Waals surface area contributed by atoms with Crippen LogP contribution in [0, 0.1) is 13.8 Å². The zero-order valence-electron chi connectivity index (χ0n) is 10.3. The lowest BCUT2D eigenvalue weighted by Crippen LogP contribution is -1.94. The quantitative estimate of drug-likeness (QED) is 0.717. The Balaban J connectivity index is 2.37. The third-order valence-corrected chi connectivity index (χ3v) is 5.81. The number of rotatable bonds is 0. The third kappa shape index (κ3) is 1.44. The molecule has 0 spiro atoms. The van der Waals surface area contributed by atoms with Gasteiger partial charge in [-0.2, -0.15) is 0 Å². The fourth-order valence-corrected chi connectivity index (χ4v) is 4.76. The van der Waals surface area contributed by atoms with Crippen LogP contribution in [0.2, 0.25) is 0 Å². The van der Waals surface area contributed by atoms with Crippen molar-refractivity contribution in [2.45, 2.75) is 23.6 Å². The second kappa shape index (κ2) is 3.37. The van der Waals surface area contributed by atoms with E-state index in [-0.39, 0.29) is 0 Å². The lowest BCUT2D eigenvalue weighted by molar-refractivity contribution is 0.633. The van der Waals surface area contributed by atoms with Gasteiger partial charge in [0, 0.05) is 9.79 Å². The molecule has 0 radical (unpaired) electrons. The molecule has 1 aliphatic heterocycles.